The normalized spacial score (nSPS) is 12.9. The quantitative estimate of drug-likeness (QED) is 0.0262. The first-order chi connectivity index (χ1) is 31.5. The van der Waals surface area contributed by atoms with Crippen LogP contribution in [0.15, 0.2) is 97.2 Å². The van der Waals surface area contributed by atoms with Crippen LogP contribution >= 0.6 is 0 Å². The molecular weight excluding hydrogens is 793 g/mol. The van der Waals surface area contributed by atoms with Crippen LogP contribution in [-0.4, -0.2) is 37.2 Å². The van der Waals surface area contributed by atoms with Gasteiger partial charge in [-0.3, -0.25) is 14.4 Å². The van der Waals surface area contributed by atoms with E-state index in [1.54, 1.807) is 0 Å². The summed E-state index contributed by atoms with van der Waals surface area (Å²) in [5, 5.41) is 0. The summed E-state index contributed by atoms with van der Waals surface area (Å²) in [6.07, 6.45) is 68.2. The second-order valence-corrected chi connectivity index (χ2v) is 17.0. The number of hydrogen-bond acceptors (Lipinski definition) is 6. The van der Waals surface area contributed by atoms with Crippen molar-refractivity contribution in [2.75, 3.05) is 13.2 Å². The number of unbranched alkanes of at least 4 members (excludes halogenated alkanes) is 19. The molecule has 0 heterocycles. The molecule has 0 N–H and O–H groups in total. The van der Waals surface area contributed by atoms with Crippen LogP contribution in [0.25, 0.3) is 0 Å². The summed E-state index contributed by atoms with van der Waals surface area (Å²) in [4.78, 5) is 37.9. The summed E-state index contributed by atoms with van der Waals surface area (Å²) in [5.41, 5.74) is 0. The summed E-state index contributed by atoms with van der Waals surface area (Å²) in [6.45, 7) is 6.40. The highest BCUT2D eigenvalue weighted by Gasteiger charge is 2.19. The predicted molar refractivity (Wildman–Crippen MR) is 274 cm³/mol. The van der Waals surface area contributed by atoms with Gasteiger partial charge in [0.15, 0.2) is 6.10 Å². The lowest BCUT2D eigenvalue weighted by Crippen LogP contribution is -2.30. The van der Waals surface area contributed by atoms with Gasteiger partial charge in [0.25, 0.3) is 0 Å². The number of rotatable bonds is 46. The number of ether oxygens (including phenoxy) is 3. The van der Waals surface area contributed by atoms with E-state index in [0.29, 0.717) is 19.3 Å². The molecule has 0 rings (SSSR count). The summed E-state index contributed by atoms with van der Waals surface area (Å²) >= 11 is 0. The maximum absolute atomic E-state index is 12.8. The molecule has 0 saturated carbocycles. The first-order valence-electron chi connectivity index (χ1n) is 26.2. The SMILES string of the molecule is CC/C=C\C/C=C\C/C=C\C/C=C\C/C=C\C/C=C\CCCCC(=O)OCC(COC(=O)CCCCCCC/C=C\CCC)OC(=O)CCCCCCC/C=C\CCCCCCCC. The molecule has 0 aliphatic carbocycles. The zero-order valence-electron chi connectivity index (χ0n) is 41.5. The van der Waals surface area contributed by atoms with Crippen molar-refractivity contribution in [3.63, 3.8) is 0 Å². The van der Waals surface area contributed by atoms with E-state index in [1.807, 2.05) is 0 Å². The summed E-state index contributed by atoms with van der Waals surface area (Å²) in [5.74, 6) is -0.967. The van der Waals surface area contributed by atoms with E-state index in [9.17, 15) is 14.4 Å². The molecule has 0 amide bonds. The average molecular weight is 889 g/mol. The first kappa shape index (κ1) is 60.3. The van der Waals surface area contributed by atoms with E-state index in [0.717, 1.165) is 128 Å². The van der Waals surface area contributed by atoms with Crippen molar-refractivity contribution in [1.82, 2.24) is 0 Å². The third-order valence-corrected chi connectivity index (χ3v) is 10.8. The topological polar surface area (TPSA) is 78.9 Å². The van der Waals surface area contributed by atoms with Crippen LogP contribution in [0.4, 0.5) is 0 Å². The molecular formula is C58H96O6. The Labute approximate surface area is 394 Å². The molecule has 1 atom stereocenters. The zero-order chi connectivity index (χ0) is 46.5. The fraction of sp³-hybridized carbons (Fsp3) is 0.672. The van der Waals surface area contributed by atoms with E-state index < -0.39 is 6.10 Å². The molecule has 64 heavy (non-hydrogen) atoms. The molecule has 0 aromatic carbocycles. The third kappa shape index (κ3) is 49.3. The van der Waals surface area contributed by atoms with Crippen molar-refractivity contribution < 1.29 is 28.6 Å². The Bertz CT molecular complexity index is 1300. The van der Waals surface area contributed by atoms with Crippen molar-refractivity contribution in [2.24, 2.45) is 0 Å². The van der Waals surface area contributed by atoms with Gasteiger partial charge in [0.2, 0.25) is 0 Å². The predicted octanol–water partition coefficient (Wildman–Crippen LogP) is 17.4. The molecule has 0 radical (unpaired) electrons. The van der Waals surface area contributed by atoms with Crippen LogP contribution in [0, 0.1) is 0 Å². The van der Waals surface area contributed by atoms with Crippen LogP contribution in [0.2, 0.25) is 0 Å². The van der Waals surface area contributed by atoms with Crippen molar-refractivity contribution in [3.8, 4) is 0 Å². The van der Waals surface area contributed by atoms with Gasteiger partial charge < -0.3 is 14.2 Å². The molecule has 0 aromatic heterocycles. The summed E-state index contributed by atoms with van der Waals surface area (Å²) in [7, 11) is 0. The fourth-order valence-electron chi connectivity index (χ4n) is 6.85. The minimum atomic E-state index is -0.803. The monoisotopic (exact) mass is 889 g/mol. The standard InChI is InChI=1S/C58H96O6/c1-4-7-10-13-16-19-22-24-26-27-28-29-30-31-33-34-36-39-42-45-48-51-57(60)63-54-55(53-62-56(59)50-47-44-41-38-21-18-15-12-9-6-3)64-58(61)52-49-46-43-40-37-35-32-25-23-20-17-14-11-8-5-2/h7,10,12,15-16,19,24-26,28-29,31-33,36,39,55H,4-6,8-9,11,13-14,17-18,20-23,27,30,34-35,37-38,40-54H2,1-3H3/b10-7-,15-12-,19-16-,26-24-,29-28-,32-25-,33-31-,39-36-. The van der Waals surface area contributed by atoms with Crippen LogP contribution < -0.4 is 0 Å². The van der Waals surface area contributed by atoms with Gasteiger partial charge in [-0.25, -0.2) is 0 Å². The molecule has 0 aliphatic rings. The van der Waals surface area contributed by atoms with E-state index in [-0.39, 0.29) is 31.1 Å². The highest BCUT2D eigenvalue weighted by molar-refractivity contribution is 5.71. The molecule has 0 aliphatic heterocycles. The molecule has 0 bridgehead atoms. The minimum absolute atomic E-state index is 0.100. The second-order valence-electron chi connectivity index (χ2n) is 17.0. The van der Waals surface area contributed by atoms with Gasteiger partial charge in [0.05, 0.1) is 0 Å². The Balaban J connectivity index is 4.44. The summed E-state index contributed by atoms with van der Waals surface area (Å²) < 4.78 is 16.7. The highest BCUT2D eigenvalue weighted by atomic mass is 16.6. The van der Waals surface area contributed by atoms with Crippen LogP contribution in [-0.2, 0) is 28.6 Å². The van der Waals surface area contributed by atoms with Gasteiger partial charge >= 0.3 is 17.9 Å². The molecule has 0 fully saturated rings. The molecule has 6 nitrogen and oxygen atoms in total. The first-order valence-corrected chi connectivity index (χ1v) is 26.2. The van der Waals surface area contributed by atoms with E-state index in [2.05, 4.69) is 118 Å². The molecule has 0 spiro atoms. The number of hydrogen-bond donors (Lipinski definition) is 0. The Morgan fingerprint density at radius 3 is 1.06 bits per heavy atom. The van der Waals surface area contributed by atoms with Crippen molar-refractivity contribution in [3.05, 3.63) is 97.2 Å². The van der Waals surface area contributed by atoms with Gasteiger partial charge in [0.1, 0.15) is 13.2 Å². The smallest absolute Gasteiger partial charge is 0.306 e. The lowest BCUT2D eigenvalue weighted by Gasteiger charge is -2.18. The Morgan fingerprint density at radius 1 is 0.328 bits per heavy atom. The fourth-order valence-corrected chi connectivity index (χ4v) is 6.85. The Morgan fingerprint density at radius 2 is 0.641 bits per heavy atom. The number of carbonyl (C=O) groups excluding carboxylic acids is 3. The second kappa shape index (κ2) is 52.0. The van der Waals surface area contributed by atoms with Crippen molar-refractivity contribution >= 4 is 17.9 Å². The molecule has 6 heteroatoms. The van der Waals surface area contributed by atoms with Gasteiger partial charge in [-0.1, -0.05) is 195 Å². The number of carbonyl (C=O) groups is 3. The Hall–Kier alpha value is -3.67. The molecule has 0 aromatic rings. The van der Waals surface area contributed by atoms with E-state index in [4.69, 9.17) is 14.2 Å². The molecule has 0 saturated heterocycles. The Kier molecular flexibility index (Phi) is 49.0. The lowest BCUT2D eigenvalue weighted by atomic mass is 10.1. The average Bonchev–Trinajstić information content (AvgIpc) is 3.29. The molecule has 364 valence electrons. The number of allylic oxidation sites excluding steroid dienone is 16. The largest absolute Gasteiger partial charge is 0.462 e. The maximum Gasteiger partial charge on any atom is 0.306 e. The number of esters is 3. The third-order valence-electron chi connectivity index (χ3n) is 10.8. The van der Waals surface area contributed by atoms with Gasteiger partial charge in [0, 0.05) is 19.3 Å². The van der Waals surface area contributed by atoms with Crippen LogP contribution in [0.1, 0.15) is 233 Å². The van der Waals surface area contributed by atoms with Gasteiger partial charge in [-0.15, -0.1) is 0 Å². The highest BCUT2D eigenvalue weighted by Crippen LogP contribution is 2.13. The lowest BCUT2D eigenvalue weighted by molar-refractivity contribution is -0.167. The maximum atomic E-state index is 12.8. The van der Waals surface area contributed by atoms with Gasteiger partial charge in [-0.05, 0) is 116 Å². The zero-order valence-corrected chi connectivity index (χ0v) is 41.5. The van der Waals surface area contributed by atoms with Gasteiger partial charge in [-0.2, -0.15) is 0 Å². The van der Waals surface area contributed by atoms with Crippen molar-refractivity contribution in [2.45, 2.75) is 239 Å². The molecule has 1 unspecified atom stereocenters. The van der Waals surface area contributed by atoms with Crippen molar-refractivity contribution in [1.29, 1.82) is 0 Å². The van der Waals surface area contributed by atoms with Crippen LogP contribution in [0.3, 0.4) is 0 Å². The summed E-state index contributed by atoms with van der Waals surface area (Å²) in [6, 6.07) is 0. The minimum Gasteiger partial charge on any atom is -0.462 e. The van der Waals surface area contributed by atoms with E-state index >= 15 is 0 Å². The van der Waals surface area contributed by atoms with E-state index in [1.165, 1.54) is 64.2 Å². The van der Waals surface area contributed by atoms with Crippen LogP contribution in [0.5, 0.6) is 0 Å².